The van der Waals surface area contributed by atoms with Crippen LogP contribution < -0.4 is 0 Å². The van der Waals surface area contributed by atoms with Gasteiger partial charge in [-0.3, -0.25) is 0 Å². The van der Waals surface area contributed by atoms with Crippen LogP contribution in [0.5, 0.6) is 0 Å². The molecule has 0 rings (SSSR count). The fourth-order valence-corrected chi connectivity index (χ4v) is 1.16. The maximum Gasteiger partial charge on any atom is 0.694 e. The molecule has 0 amide bonds. The summed E-state index contributed by atoms with van der Waals surface area (Å²) in [6.45, 7) is 0.398. The van der Waals surface area contributed by atoms with Crippen molar-refractivity contribution < 1.29 is 14.0 Å². The Balaban J connectivity index is 2.83. The number of hydrogen-bond donors (Lipinski definition) is 1. The first kappa shape index (κ1) is 9.75. The number of alkyl halides is 1. The lowest BCUT2D eigenvalue weighted by atomic mass is 10.4. The van der Waals surface area contributed by atoms with E-state index in [2.05, 4.69) is 27.1 Å². The predicted octanol–water partition coefficient (Wildman–Crippen LogP) is 1.87. The second kappa shape index (κ2) is 6.86. The van der Waals surface area contributed by atoms with Crippen LogP contribution in [0, 0.1) is 0 Å². The first-order valence-electron chi connectivity index (χ1n) is 2.62. The summed E-state index contributed by atoms with van der Waals surface area (Å²) in [6, 6.07) is 0. The van der Waals surface area contributed by atoms with Gasteiger partial charge in [0.25, 0.3) is 0 Å². The number of halogens is 1. The summed E-state index contributed by atoms with van der Waals surface area (Å²) >= 11 is 2.25. The second-order valence-corrected chi connectivity index (χ2v) is 3.28. The third-order valence-corrected chi connectivity index (χ3v) is 1.90. The molecule has 0 saturated carbocycles. The lowest BCUT2D eigenvalue weighted by Crippen LogP contribution is -1.86. The minimum atomic E-state index is -2.37. The Kier molecular flexibility index (Phi) is 7.44. The molecule has 0 aliphatic heterocycles. The van der Waals surface area contributed by atoms with Crippen LogP contribution in [0.25, 0.3) is 0 Å². The van der Waals surface area contributed by atoms with Gasteiger partial charge in [0.15, 0.2) is 0 Å². The molecule has 0 heterocycles. The van der Waals surface area contributed by atoms with Crippen molar-refractivity contribution >= 4 is 30.8 Å². The molecule has 0 spiro atoms. The van der Waals surface area contributed by atoms with Crippen molar-refractivity contribution in [1.82, 2.24) is 0 Å². The normalized spacial score (nSPS) is 11.6. The molecule has 3 nitrogen and oxygen atoms in total. The third kappa shape index (κ3) is 8.75. The SMILES string of the molecule is O=[P+](O)OCCCCI. The molecule has 1 unspecified atom stereocenters. The van der Waals surface area contributed by atoms with Crippen molar-refractivity contribution in [2.45, 2.75) is 12.8 Å². The van der Waals surface area contributed by atoms with E-state index in [0.717, 1.165) is 17.3 Å². The van der Waals surface area contributed by atoms with Gasteiger partial charge in [-0.15, -0.1) is 9.42 Å². The van der Waals surface area contributed by atoms with E-state index in [0.29, 0.717) is 6.61 Å². The first-order valence-corrected chi connectivity index (χ1v) is 5.28. The Labute approximate surface area is 68.9 Å². The summed E-state index contributed by atoms with van der Waals surface area (Å²) < 4.78 is 15.4. The van der Waals surface area contributed by atoms with Gasteiger partial charge in [-0.25, -0.2) is 0 Å². The van der Waals surface area contributed by atoms with Crippen LogP contribution >= 0.6 is 30.8 Å². The summed E-state index contributed by atoms with van der Waals surface area (Å²) in [5, 5.41) is 0. The first-order chi connectivity index (χ1) is 4.27. The topological polar surface area (TPSA) is 46.5 Å². The molecule has 0 radical (unpaired) electrons. The van der Waals surface area contributed by atoms with Crippen molar-refractivity contribution in [3.05, 3.63) is 0 Å². The standard InChI is InChI=1S/C4H8IO3P/c5-3-1-2-4-8-9(6)7/h1-4H2/p+1. The lowest BCUT2D eigenvalue weighted by molar-refractivity contribution is 0.277. The summed E-state index contributed by atoms with van der Waals surface area (Å²) in [5.74, 6) is 0. The van der Waals surface area contributed by atoms with Gasteiger partial charge in [0.05, 0.1) is 0 Å². The Morgan fingerprint density at radius 1 is 1.56 bits per heavy atom. The second-order valence-electron chi connectivity index (χ2n) is 1.47. The largest absolute Gasteiger partial charge is 0.694 e. The number of hydrogen-bond acceptors (Lipinski definition) is 2. The predicted molar refractivity (Wildman–Crippen MR) is 43.9 cm³/mol. The minimum Gasteiger partial charge on any atom is -0.133 e. The molecule has 0 fully saturated rings. The minimum absolute atomic E-state index is 0.398. The van der Waals surface area contributed by atoms with E-state index in [9.17, 15) is 4.57 Å². The fourth-order valence-electron chi connectivity index (χ4n) is 0.339. The van der Waals surface area contributed by atoms with E-state index in [1.54, 1.807) is 0 Å². The Morgan fingerprint density at radius 3 is 2.67 bits per heavy atom. The fraction of sp³-hybridized carbons (Fsp3) is 1.00. The third-order valence-electron chi connectivity index (χ3n) is 0.730. The smallest absolute Gasteiger partial charge is 0.133 e. The van der Waals surface area contributed by atoms with E-state index in [4.69, 9.17) is 4.89 Å². The quantitative estimate of drug-likeness (QED) is 0.356. The molecule has 1 N–H and O–H groups in total. The van der Waals surface area contributed by atoms with E-state index in [1.807, 2.05) is 0 Å². The van der Waals surface area contributed by atoms with E-state index < -0.39 is 8.25 Å². The van der Waals surface area contributed by atoms with Crippen molar-refractivity contribution in [3.63, 3.8) is 0 Å². The average Bonchev–Trinajstić information content (AvgIpc) is 1.80. The molecular formula is C4H9IO3P+. The van der Waals surface area contributed by atoms with E-state index >= 15 is 0 Å². The highest BCUT2D eigenvalue weighted by Gasteiger charge is 2.09. The van der Waals surface area contributed by atoms with Gasteiger partial charge >= 0.3 is 8.25 Å². The van der Waals surface area contributed by atoms with E-state index in [-0.39, 0.29) is 0 Å². The molecular weight excluding hydrogens is 254 g/mol. The molecule has 54 valence electrons. The highest BCUT2D eigenvalue weighted by Crippen LogP contribution is 2.14. The zero-order valence-electron chi connectivity index (χ0n) is 4.92. The molecule has 0 aliphatic rings. The maximum absolute atomic E-state index is 9.89. The molecule has 5 heteroatoms. The van der Waals surface area contributed by atoms with Crippen molar-refractivity contribution in [2.24, 2.45) is 0 Å². The zero-order valence-corrected chi connectivity index (χ0v) is 7.97. The van der Waals surface area contributed by atoms with E-state index in [1.165, 1.54) is 0 Å². The maximum atomic E-state index is 9.89. The van der Waals surface area contributed by atoms with Crippen LogP contribution in [0.15, 0.2) is 0 Å². The Hall–Kier alpha value is 0.750. The molecule has 0 aromatic heterocycles. The zero-order chi connectivity index (χ0) is 7.11. The molecule has 0 aromatic rings. The molecule has 0 aliphatic carbocycles. The summed E-state index contributed by atoms with van der Waals surface area (Å²) in [7, 11) is -2.37. The molecule has 9 heavy (non-hydrogen) atoms. The monoisotopic (exact) mass is 263 g/mol. The van der Waals surface area contributed by atoms with Gasteiger partial charge in [-0.1, -0.05) is 22.6 Å². The van der Waals surface area contributed by atoms with Crippen molar-refractivity contribution in [1.29, 1.82) is 0 Å². The molecule has 0 saturated heterocycles. The van der Waals surface area contributed by atoms with Gasteiger partial charge in [0.1, 0.15) is 6.61 Å². The van der Waals surface area contributed by atoms with Gasteiger partial charge in [0, 0.05) is 4.57 Å². The summed E-state index contributed by atoms with van der Waals surface area (Å²) in [4.78, 5) is 8.14. The van der Waals surface area contributed by atoms with Gasteiger partial charge < -0.3 is 0 Å². The van der Waals surface area contributed by atoms with Crippen LogP contribution in [-0.4, -0.2) is 15.9 Å². The highest BCUT2D eigenvalue weighted by molar-refractivity contribution is 14.1. The average molecular weight is 263 g/mol. The van der Waals surface area contributed by atoms with Crippen LogP contribution in [0.4, 0.5) is 0 Å². The van der Waals surface area contributed by atoms with Crippen LogP contribution in [-0.2, 0) is 9.09 Å². The number of rotatable bonds is 5. The van der Waals surface area contributed by atoms with Crippen LogP contribution in [0.2, 0.25) is 0 Å². The number of unbranched alkanes of at least 4 members (excludes halogenated alkanes) is 1. The Morgan fingerprint density at radius 2 is 2.22 bits per heavy atom. The summed E-state index contributed by atoms with van der Waals surface area (Å²) in [5.41, 5.74) is 0. The molecule has 0 bridgehead atoms. The van der Waals surface area contributed by atoms with Gasteiger partial charge in [-0.05, 0) is 17.3 Å². The van der Waals surface area contributed by atoms with Gasteiger partial charge in [0.2, 0.25) is 0 Å². The van der Waals surface area contributed by atoms with Crippen LogP contribution in [0.3, 0.4) is 0 Å². The van der Waals surface area contributed by atoms with Gasteiger partial charge in [-0.2, -0.15) is 0 Å². The lowest BCUT2D eigenvalue weighted by Gasteiger charge is -1.87. The van der Waals surface area contributed by atoms with Crippen LogP contribution in [0.1, 0.15) is 12.8 Å². The molecule has 1 atom stereocenters. The molecule has 0 aromatic carbocycles. The van der Waals surface area contributed by atoms with Crippen molar-refractivity contribution in [2.75, 3.05) is 11.0 Å². The highest BCUT2D eigenvalue weighted by atomic mass is 127. The Bertz CT molecular complexity index is 87.9. The van der Waals surface area contributed by atoms with Crippen molar-refractivity contribution in [3.8, 4) is 0 Å². The summed E-state index contributed by atoms with van der Waals surface area (Å²) in [6.07, 6.45) is 1.91.